The van der Waals surface area contributed by atoms with Crippen LogP contribution < -0.4 is 16.0 Å². The van der Waals surface area contributed by atoms with Crippen LogP contribution in [0.15, 0.2) is 0 Å². The summed E-state index contributed by atoms with van der Waals surface area (Å²) in [6.45, 7) is 10.4. The Labute approximate surface area is 207 Å². The highest BCUT2D eigenvalue weighted by Gasteiger charge is 2.03. The van der Waals surface area contributed by atoms with Crippen LogP contribution >= 0.6 is 0 Å². The first kappa shape index (κ1) is 32.8. The maximum Gasteiger partial charge on any atom is 0.0664 e. The van der Waals surface area contributed by atoms with E-state index in [9.17, 15) is 10.2 Å². The molecule has 0 heterocycles. The van der Waals surface area contributed by atoms with Crippen molar-refractivity contribution in [1.82, 2.24) is 16.0 Å². The van der Waals surface area contributed by atoms with Gasteiger partial charge < -0.3 is 26.2 Å². The lowest BCUT2D eigenvalue weighted by Gasteiger charge is -2.12. The van der Waals surface area contributed by atoms with Gasteiger partial charge in [0.05, 0.1) is 12.2 Å². The molecule has 0 fully saturated rings. The molecule has 0 saturated carbocycles. The Kier molecular flexibility index (Phi) is 27.9. The number of unbranched alkanes of at least 4 members (excludes halogenated alkanes) is 12. The topological polar surface area (TPSA) is 76.5 Å². The molecule has 0 amide bonds. The molecule has 200 valence electrons. The van der Waals surface area contributed by atoms with Crippen molar-refractivity contribution in [3.8, 4) is 0 Å². The van der Waals surface area contributed by atoms with Gasteiger partial charge >= 0.3 is 0 Å². The number of hydrogen-bond acceptors (Lipinski definition) is 5. The molecule has 33 heavy (non-hydrogen) atoms. The van der Waals surface area contributed by atoms with Crippen molar-refractivity contribution < 1.29 is 10.2 Å². The quantitative estimate of drug-likeness (QED) is 0.0969. The number of rotatable bonds is 28. The van der Waals surface area contributed by atoms with Gasteiger partial charge in [0.1, 0.15) is 0 Å². The monoisotopic (exact) mass is 471 g/mol. The number of aliphatic hydroxyl groups excluding tert-OH is 2. The van der Waals surface area contributed by atoms with Crippen LogP contribution in [-0.4, -0.2) is 61.7 Å². The van der Waals surface area contributed by atoms with Gasteiger partial charge in [0, 0.05) is 6.54 Å². The van der Waals surface area contributed by atoms with Crippen LogP contribution in [0.5, 0.6) is 0 Å². The number of aliphatic hydroxyl groups is 2. The van der Waals surface area contributed by atoms with E-state index in [1.165, 1.54) is 96.3 Å². The summed E-state index contributed by atoms with van der Waals surface area (Å²) in [6.07, 6.45) is 22.0. The van der Waals surface area contributed by atoms with Crippen LogP contribution in [0.1, 0.15) is 129 Å². The molecule has 0 aliphatic heterocycles. The molecule has 2 unspecified atom stereocenters. The Morgan fingerprint density at radius 2 is 0.879 bits per heavy atom. The van der Waals surface area contributed by atoms with Crippen LogP contribution in [0, 0.1) is 0 Å². The van der Waals surface area contributed by atoms with Crippen LogP contribution in [-0.2, 0) is 0 Å². The maximum absolute atomic E-state index is 10.1. The minimum Gasteiger partial charge on any atom is -0.393 e. The van der Waals surface area contributed by atoms with Crippen LogP contribution in [0.2, 0.25) is 0 Å². The largest absolute Gasteiger partial charge is 0.393 e. The SMILES string of the molecule is CCCCCCCCCCC(O)CNCCCCCNCCCCCNCCCCC(C)O. The van der Waals surface area contributed by atoms with Gasteiger partial charge in [-0.3, -0.25) is 0 Å². The summed E-state index contributed by atoms with van der Waals surface area (Å²) >= 11 is 0. The third-order valence-corrected chi connectivity index (χ3v) is 6.41. The summed E-state index contributed by atoms with van der Waals surface area (Å²) in [6, 6.07) is 0. The van der Waals surface area contributed by atoms with Crippen LogP contribution in [0.25, 0.3) is 0 Å². The second-order valence-electron chi connectivity index (χ2n) is 10.1. The zero-order chi connectivity index (χ0) is 24.2. The first-order chi connectivity index (χ1) is 16.2. The lowest BCUT2D eigenvalue weighted by atomic mass is 10.1. The summed E-state index contributed by atoms with van der Waals surface area (Å²) in [4.78, 5) is 0. The molecular formula is C28H61N3O2. The van der Waals surface area contributed by atoms with Crippen molar-refractivity contribution in [2.45, 2.75) is 142 Å². The highest BCUT2D eigenvalue weighted by Crippen LogP contribution is 2.10. The van der Waals surface area contributed by atoms with Crippen LogP contribution in [0.4, 0.5) is 0 Å². The van der Waals surface area contributed by atoms with E-state index in [2.05, 4.69) is 22.9 Å². The van der Waals surface area contributed by atoms with E-state index in [1.807, 2.05) is 6.92 Å². The van der Waals surface area contributed by atoms with Crippen molar-refractivity contribution in [3.05, 3.63) is 0 Å². The lowest BCUT2D eigenvalue weighted by Crippen LogP contribution is -2.27. The van der Waals surface area contributed by atoms with Gasteiger partial charge in [-0.15, -0.1) is 0 Å². The second kappa shape index (κ2) is 28.0. The average Bonchev–Trinajstić information content (AvgIpc) is 2.79. The van der Waals surface area contributed by atoms with E-state index in [-0.39, 0.29) is 12.2 Å². The zero-order valence-corrected chi connectivity index (χ0v) is 22.5. The Morgan fingerprint density at radius 3 is 1.39 bits per heavy atom. The molecule has 0 aliphatic carbocycles. The molecule has 5 heteroatoms. The first-order valence-electron chi connectivity index (χ1n) is 14.6. The van der Waals surface area contributed by atoms with E-state index >= 15 is 0 Å². The number of nitrogens with one attached hydrogen (secondary N) is 3. The lowest BCUT2D eigenvalue weighted by molar-refractivity contribution is 0.158. The summed E-state index contributed by atoms with van der Waals surface area (Å²) in [5.41, 5.74) is 0. The molecule has 0 spiro atoms. The molecule has 0 aliphatic rings. The molecule has 0 aromatic carbocycles. The smallest absolute Gasteiger partial charge is 0.0664 e. The van der Waals surface area contributed by atoms with E-state index in [1.54, 1.807) is 0 Å². The molecule has 0 rings (SSSR count). The fraction of sp³-hybridized carbons (Fsp3) is 1.00. The third-order valence-electron chi connectivity index (χ3n) is 6.41. The normalized spacial score (nSPS) is 13.5. The Balaban J connectivity index is 3.12. The van der Waals surface area contributed by atoms with Gasteiger partial charge in [0.25, 0.3) is 0 Å². The molecule has 5 nitrogen and oxygen atoms in total. The van der Waals surface area contributed by atoms with Gasteiger partial charge in [0.2, 0.25) is 0 Å². The minimum absolute atomic E-state index is 0.151. The molecule has 0 saturated heterocycles. The highest BCUT2D eigenvalue weighted by atomic mass is 16.3. The molecule has 0 aromatic rings. The van der Waals surface area contributed by atoms with Crippen molar-refractivity contribution in [2.75, 3.05) is 39.3 Å². The highest BCUT2D eigenvalue weighted by molar-refractivity contribution is 4.61. The van der Waals surface area contributed by atoms with Crippen molar-refractivity contribution in [1.29, 1.82) is 0 Å². The van der Waals surface area contributed by atoms with E-state index < -0.39 is 0 Å². The van der Waals surface area contributed by atoms with Crippen molar-refractivity contribution in [3.63, 3.8) is 0 Å². The fourth-order valence-corrected chi connectivity index (χ4v) is 4.18. The van der Waals surface area contributed by atoms with E-state index in [0.717, 1.165) is 58.5 Å². The minimum atomic E-state index is -0.169. The van der Waals surface area contributed by atoms with Gasteiger partial charge in [-0.25, -0.2) is 0 Å². The van der Waals surface area contributed by atoms with Gasteiger partial charge in [-0.2, -0.15) is 0 Å². The molecular weight excluding hydrogens is 410 g/mol. The average molecular weight is 472 g/mol. The second-order valence-corrected chi connectivity index (χ2v) is 10.1. The zero-order valence-electron chi connectivity index (χ0n) is 22.5. The predicted molar refractivity (Wildman–Crippen MR) is 145 cm³/mol. The molecule has 2 atom stereocenters. The standard InChI is InChI=1S/C28H61N3O2/c1-3-4-5-6-7-8-9-12-20-28(33)26-31-25-17-11-16-22-29-21-14-10-15-23-30-24-18-13-19-27(2)32/h27-33H,3-26H2,1-2H3. The maximum atomic E-state index is 10.1. The summed E-state index contributed by atoms with van der Waals surface area (Å²) in [5, 5.41) is 29.8. The van der Waals surface area contributed by atoms with Crippen LogP contribution in [0.3, 0.4) is 0 Å². The summed E-state index contributed by atoms with van der Waals surface area (Å²) in [5.74, 6) is 0. The Hall–Kier alpha value is -0.200. The van der Waals surface area contributed by atoms with Crippen molar-refractivity contribution in [2.24, 2.45) is 0 Å². The van der Waals surface area contributed by atoms with Gasteiger partial charge in [0.15, 0.2) is 0 Å². The molecule has 0 bridgehead atoms. The molecule has 0 aromatic heterocycles. The fourth-order valence-electron chi connectivity index (χ4n) is 4.18. The third kappa shape index (κ3) is 29.8. The Morgan fingerprint density at radius 1 is 0.485 bits per heavy atom. The van der Waals surface area contributed by atoms with Gasteiger partial charge in [-0.05, 0) is 91.0 Å². The van der Waals surface area contributed by atoms with E-state index in [0.29, 0.717) is 0 Å². The van der Waals surface area contributed by atoms with Gasteiger partial charge in [-0.1, -0.05) is 71.1 Å². The molecule has 0 radical (unpaired) electrons. The number of hydrogen-bond donors (Lipinski definition) is 5. The molecule has 5 N–H and O–H groups in total. The van der Waals surface area contributed by atoms with E-state index in [4.69, 9.17) is 0 Å². The Bertz CT molecular complexity index is 356. The summed E-state index contributed by atoms with van der Waals surface area (Å²) < 4.78 is 0. The first-order valence-corrected chi connectivity index (χ1v) is 14.6. The van der Waals surface area contributed by atoms with Crippen molar-refractivity contribution >= 4 is 0 Å². The predicted octanol–water partition coefficient (Wildman–Crippen LogP) is 5.54. The summed E-state index contributed by atoms with van der Waals surface area (Å²) in [7, 11) is 0.